The van der Waals surface area contributed by atoms with E-state index in [1.165, 1.54) is 11.1 Å². The normalized spacial score (nSPS) is 15.0. The number of rotatable bonds is 8. The average molecular weight is 381 g/mol. The van der Waals surface area contributed by atoms with Gasteiger partial charge in [-0.05, 0) is 34.6 Å². The van der Waals surface area contributed by atoms with Crippen molar-refractivity contribution in [1.82, 2.24) is 10.2 Å². The second kappa shape index (κ2) is 10.4. The Balaban J connectivity index is 1.46. The van der Waals surface area contributed by atoms with Gasteiger partial charge in [0.15, 0.2) is 0 Å². The first-order valence-electron chi connectivity index (χ1n) is 10.3. The van der Waals surface area contributed by atoms with Gasteiger partial charge in [0.1, 0.15) is 0 Å². The first-order chi connectivity index (χ1) is 13.6. The zero-order chi connectivity index (χ0) is 19.8. The van der Waals surface area contributed by atoms with Crippen molar-refractivity contribution in [3.05, 3.63) is 70.8 Å². The van der Waals surface area contributed by atoms with E-state index < -0.39 is 0 Å². The second-order valence-corrected chi connectivity index (χ2v) is 8.08. The number of carbonyl (C=O) groups is 1. The molecule has 0 unspecified atom stereocenters. The molecular formula is C24H32N2O2. The van der Waals surface area contributed by atoms with Crippen LogP contribution in [0.4, 0.5) is 0 Å². The highest BCUT2D eigenvalue weighted by molar-refractivity contribution is 5.78. The van der Waals surface area contributed by atoms with Crippen molar-refractivity contribution in [2.75, 3.05) is 26.3 Å². The van der Waals surface area contributed by atoms with E-state index in [9.17, 15) is 4.79 Å². The summed E-state index contributed by atoms with van der Waals surface area (Å²) in [4.78, 5) is 14.7. The van der Waals surface area contributed by atoms with Gasteiger partial charge in [0.2, 0.25) is 5.91 Å². The lowest BCUT2D eigenvalue weighted by atomic mass is 10.0. The minimum atomic E-state index is 0.0650. The molecule has 28 heavy (non-hydrogen) atoms. The molecule has 0 bridgehead atoms. The van der Waals surface area contributed by atoms with Gasteiger partial charge in [-0.1, -0.05) is 62.4 Å². The van der Waals surface area contributed by atoms with Gasteiger partial charge in [-0.25, -0.2) is 0 Å². The SMILES string of the molecule is CC(C)Cc1ccc(CC(=O)NCc2cccc(CN3CCOCC3)c2)cc1. The largest absolute Gasteiger partial charge is 0.379 e. The molecule has 2 aromatic carbocycles. The van der Waals surface area contributed by atoms with Crippen LogP contribution in [0.2, 0.25) is 0 Å². The molecule has 0 radical (unpaired) electrons. The maximum absolute atomic E-state index is 12.3. The maximum Gasteiger partial charge on any atom is 0.224 e. The number of amides is 1. The Morgan fingerprint density at radius 2 is 1.68 bits per heavy atom. The van der Waals surface area contributed by atoms with Gasteiger partial charge in [0, 0.05) is 26.2 Å². The number of benzene rings is 2. The van der Waals surface area contributed by atoms with Crippen LogP contribution in [0.15, 0.2) is 48.5 Å². The zero-order valence-corrected chi connectivity index (χ0v) is 17.1. The number of hydrogen-bond donors (Lipinski definition) is 1. The summed E-state index contributed by atoms with van der Waals surface area (Å²) < 4.78 is 5.41. The van der Waals surface area contributed by atoms with Crippen LogP contribution >= 0.6 is 0 Å². The Labute approximate surface area is 168 Å². The fourth-order valence-electron chi connectivity index (χ4n) is 3.57. The van der Waals surface area contributed by atoms with Crippen molar-refractivity contribution in [3.63, 3.8) is 0 Å². The Morgan fingerprint density at radius 1 is 1.00 bits per heavy atom. The van der Waals surface area contributed by atoms with Crippen LogP contribution < -0.4 is 5.32 Å². The van der Waals surface area contributed by atoms with E-state index in [0.29, 0.717) is 18.9 Å². The monoisotopic (exact) mass is 380 g/mol. The van der Waals surface area contributed by atoms with E-state index in [-0.39, 0.29) is 5.91 Å². The molecule has 1 fully saturated rings. The molecule has 2 aromatic rings. The smallest absolute Gasteiger partial charge is 0.224 e. The van der Waals surface area contributed by atoms with E-state index >= 15 is 0 Å². The van der Waals surface area contributed by atoms with Crippen molar-refractivity contribution >= 4 is 5.91 Å². The molecule has 1 saturated heterocycles. The number of hydrogen-bond acceptors (Lipinski definition) is 3. The standard InChI is InChI=1S/C24H32N2O2/c1-19(2)14-20-6-8-21(9-7-20)16-24(27)25-17-22-4-3-5-23(15-22)18-26-10-12-28-13-11-26/h3-9,15,19H,10-14,16-18H2,1-2H3,(H,25,27). The predicted octanol–water partition coefficient (Wildman–Crippen LogP) is 3.58. The summed E-state index contributed by atoms with van der Waals surface area (Å²) >= 11 is 0. The van der Waals surface area contributed by atoms with Gasteiger partial charge >= 0.3 is 0 Å². The molecule has 0 atom stereocenters. The number of carbonyl (C=O) groups excluding carboxylic acids is 1. The van der Waals surface area contributed by atoms with E-state index in [0.717, 1.165) is 50.4 Å². The quantitative estimate of drug-likeness (QED) is 0.761. The molecule has 1 N–H and O–H groups in total. The third-order valence-electron chi connectivity index (χ3n) is 5.02. The summed E-state index contributed by atoms with van der Waals surface area (Å²) in [7, 11) is 0. The van der Waals surface area contributed by atoms with Crippen molar-refractivity contribution < 1.29 is 9.53 Å². The molecule has 4 heteroatoms. The minimum Gasteiger partial charge on any atom is -0.379 e. The first-order valence-corrected chi connectivity index (χ1v) is 10.3. The van der Waals surface area contributed by atoms with Crippen LogP contribution in [-0.2, 0) is 35.5 Å². The summed E-state index contributed by atoms with van der Waals surface area (Å²) in [5.41, 5.74) is 4.82. The number of morpholine rings is 1. The van der Waals surface area contributed by atoms with Crippen LogP contribution in [-0.4, -0.2) is 37.1 Å². The van der Waals surface area contributed by atoms with Crippen molar-refractivity contribution in [2.24, 2.45) is 5.92 Å². The zero-order valence-electron chi connectivity index (χ0n) is 17.1. The van der Waals surface area contributed by atoms with Crippen molar-refractivity contribution in [3.8, 4) is 0 Å². The van der Waals surface area contributed by atoms with Gasteiger partial charge in [-0.3, -0.25) is 9.69 Å². The lowest BCUT2D eigenvalue weighted by molar-refractivity contribution is -0.120. The molecule has 0 saturated carbocycles. The highest BCUT2D eigenvalue weighted by atomic mass is 16.5. The average Bonchev–Trinajstić information content (AvgIpc) is 2.69. The summed E-state index contributed by atoms with van der Waals surface area (Å²) in [6.45, 7) is 9.54. The van der Waals surface area contributed by atoms with Gasteiger partial charge in [-0.2, -0.15) is 0 Å². The molecule has 4 nitrogen and oxygen atoms in total. The molecule has 0 spiro atoms. The summed E-state index contributed by atoms with van der Waals surface area (Å²) in [6, 6.07) is 16.9. The van der Waals surface area contributed by atoms with Gasteiger partial charge in [-0.15, -0.1) is 0 Å². The molecule has 1 amide bonds. The highest BCUT2D eigenvalue weighted by Crippen LogP contribution is 2.12. The fraction of sp³-hybridized carbons (Fsp3) is 0.458. The predicted molar refractivity (Wildman–Crippen MR) is 113 cm³/mol. The molecule has 0 aromatic heterocycles. The van der Waals surface area contributed by atoms with Crippen LogP contribution in [0, 0.1) is 5.92 Å². The lowest BCUT2D eigenvalue weighted by Crippen LogP contribution is -2.35. The van der Waals surface area contributed by atoms with Gasteiger partial charge in [0.25, 0.3) is 0 Å². The van der Waals surface area contributed by atoms with Crippen LogP contribution in [0.1, 0.15) is 36.1 Å². The van der Waals surface area contributed by atoms with E-state index in [2.05, 4.69) is 72.6 Å². The van der Waals surface area contributed by atoms with Gasteiger partial charge in [0.05, 0.1) is 19.6 Å². The first kappa shape index (κ1) is 20.6. The molecule has 1 aliphatic heterocycles. The van der Waals surface area contributed by atoms with Crippen LogP contribution in [0.5, 0.6) is 0 Å². The Bertz CT molecular complexity index is 749. The molecular weight excluding hydrogens is 348 g/mol. The van der Waals surface area contributed by atoms with Crippen LogP contribution in [0.3, 0.4) is 0 Å². The molecule has 1 aliphatic rings. The molecule has 3 rings (SSSR count). The van der Waals surface area contributed by atoms with Crippen molar-refractivity contribution in [1.29, 1.82) is 0 Å². The topological polar surface area (TPSA) is 41.6 Å². The van der Waals surface area contributed by atoms with E-state index in [1.807, 2.05) is 0 Å². The van der Waals surface area contributed by atoms with E-state index in [1.54, 1.807) is 0 Å². The Hall–Kier alpha value is -2.17. The lowest BCUT2D eigenvalue weighted by Gasteiger charge is -2.26. The van der Waals surface area contributed by atoms with Gasteiger partial charge < -0.3 is 10.1 Å². The molecule has 1 heterocycles. The number of ether oxygens (including phenoxy) is 1. The highest BCUT2D eigenvalue weighted by Gasteiger charge is 2.11. The third-order valence-corrected chi connectivity index (χ3v) is 5.02. The van der Waals surface area contributed by atoms with Crippen molar-refractivity contribution in [2.45, 2.75) is 39.8 Å². The molecule has 0 aliphatic carbocycles. The number of nitrogens with one attached hydrogen (secondary N) is 1. The third kappa shape index (κ3) is 6.77. The molecule has 150 valence electrons. The Morgan fingerprint density at radius 3 is 2.39 bits per heavy atom. The second-order valence-electron chi connectivity index (χ2n) is 8.08. The summed E-state index contributed by atoms with van der Waals surface area (Å²) in [6.07, 6.45) is 1.50. The Kier molecular flexibility index (Phi) is 7.63. The minimum absolute atomic E-state index is 0.0650. The summed E-state index contributed by atoms with van der Waals surface area (Å²) in [5.74, 6) is 0.711. The summed E-state index contributed by atoms with van der Waals surface area (Å²) in [5, 5.41) is 3.05. The maximum atomic E-state index is 12.3. The van der Waals surface area contributed by atoms with Crippen LogP contribution in [0.25, 0.3) is 0 Å². The number of nitrogens with zero attached hydrogens (tertiary/aromatic N) is 1. The van der Waals surface area contributed by atoms with E-state index in [4.69, 9.17) is 4.74 Å². The fourth-order valence-corrected chi connectivity index (χ4v) is 3.57.